The molecule has 2 aromatic rings. The number of hydrogen-bond donors (Lipinski definition) is 2. The SMILES string of the molecule is CC(C)CC(NC(=O)C1CCCN1C(=O)OCc1ccc(/N=N/c2ccccc2)cc1)C(=O)O. The van der Waals surface area contributed by atoms with E-state index in [0.717, 1.165) is 11.3 Å². The van der Waals surface area contributed by atoms with Gasteiger partial charge in [-0.2, -0.15) is 10.2 Å². The van der Waals surface area contributed by atoms with Crippen molar-refractivity contribution in [1.29, 1.82) is 0 Å². The van der Waals surface area contributed by atoms with Crippen LogP contribution in [0.25, 0.3) is 0 Å². The fraction of sp³-hybridized carbons (Fsp3) is 0.400. The Morgan fingerprint density at radius 1 is 1.06 bits per heavy atom. The molecule has 2 atom stereocenters. The predicted molar refractivity (Wildman–Crippen MR) is 126 cm³/mol. The molecule has 34 heavy (non-hydrogen) atoms. The van der Waals surface area contributed by atoms with E-state index in [2.05, 4.69) is 15.5 Å². The molecule has 0 aromatic heterocycles. The van der Waals surface area contributed by atoms with Gasteiger partial charge in [-0.25, -0.2) is 9.59 Å². The number of carbonyl (C=O) groups excluding carboxylic acids is 2. The van der Waals surface area contributed by atoms with Gasteiger partial charge in [-0.3, -0.25) is 9.69 Å². The molecule has 3 rings (SSSR count). The van der Waals surface area contributed by atoms with Gasteiger partial charge in [-0.15, -0.1) is 0 Å². The average molecular weight is 467 g/mol. The van der Waals surface area contributed by atoms with E-state index in [4.69, 9.17) is 4.74 Å². The van der Waals surface area contributed by atoms with Gasteiger partial charge in [0.15, 0.2) is 0 Å². The molecular formula is C25H30N4O5. The highest BCUT2D eigenvalue weighted by atomic mass is 16.6. The number of hydrogen-bond acceptors (Lipinski definition) is 6. The number of ether oxygens (including phenoxy) is 1. The summed E-state index contributed by atoms with van der Waals surface area (Å²) in [6.45, 7) is 4.21. The number of carboxylic acid groups (broad SMARTS) is 1. The van der Waals surface area contributed by atoms with Gasteiger partial charge in [-0.05, 0) is 55.0 Å². The fourth-order valence-electron chi connectivity index (χ4n) is 3.72. The third kappa shape index (κ3) is 7.13. The van der Waals surface area contributed by atoms with E-state index in [1.54, 1.807) is 24.3 Å². The normalized spacial score (nSPS) is 16.6. The summed E-state index contributed by atoms with van der Waals surface area (Å²) in [5.41, 5.74) is 2.20. The fourth-order valence-corrected chi connectivity index (χ4v) is 3.72. The van der Waals surface area contributed by atoms with Crippen molar-refractivity contribution in [2.24, 2.45) is 16.1 Å². The van der Waals surface area contributed by atoms with Crippen molar-refractivity contribution in [3.63, 3.8) is 0 Å². The van der Waals surface area contributed by atoms with Gasteiger partial charge in [-0.1, -0.05) is 44.2 Å². The zero-order valence-corrected chi connectivity index (χ0v) is 19.4. The number of likely N-dealkylation sites (tertiary alicyclic amines) is 1. The van der Waals surface area contributed by atoms with Crippen LogP contribution in [0.4, 0.5) is 16.2 Å². The van der Waals surface area contributed by atoms with Gasteiger partial charge in [0.1, 0.15) is 18.7 Å². The molecule has 2 amide bonds. The first-order valence-electron chi connectivity index (χ1n) is 11.4. The Morgan fingerprint density at radius 3 is 2.32 bits per heavy atom. The highest BCUT2D eigenvalue weighted by Crippen LogP contribution is 2.21. The second-order valence-electron chi connectivity index (χ2n) is 8.64. The minimum atomic E-state index is -1.08. The van der Waals surface area contributed by atoms with Crippen molar-refractivity contribution in [2.45, 2.75) is 51.8 Å². The van der Waals surface area contributed by atoms with Crippen LogP contribution < -0.4 is 5.32 Å². The molecular weight excluding hydrogens is 436 g/mol. The van der Waals surface area contributed by atoms with Crippen LogP contribution in [0.3, 0.4) is 0 Å². The number of benzene rings is 2. The lowest BCUT2D eigenvalue weighted by Crippen LogP contribution is -2.51. The highest BCUT2D eigenvalue weighted by molar-refractivity contribution is 5.89. The predicted octanol–water partition coefficient (Wildman–Crippen LogP) is 4.82. The third-order valence-corrected chi connectivity index (χ3v) is 5.45. The molecule has 0 saturated carbocycles. The van der Waals surface area contributed by atoms with Gasteiger partial charge in [0, 0.05) is 6.54 Å². The summed E-state index contributed by atoms with van der Waals surface area (Å²) in [4.78, 5) is 38.2. The number of carboxylic acids is 1. The van der Waals surface area contributed by atoms with E-state index in [9.17, 15) is 19.5 Å². The molecule has 1 heterocycles. The Morgan fingerprint density at radius 2 is 1.71 bits per heavy atom. The zero-order valence-electron chi connectivity index (χ0n) is 19.4. The molecule has 0 aliphatic carbocycles. The van der Waals surface area contributed by atoms with Crippen molar-refractivity contribution in [3.8, 4) is 0 Å². The van der Waals surface area contributed by atoms with Gasteiger partial charge < -0.3 is 15.2 Å². The van der Waals surface area contributed by atoms with Crippen LogP contribution in [-0.2, 0) is 20.9 Å². The number of nitrogens with zero attached hydrogens (tertiary/aromatic N) is 3. The number of carbonyl (C=O) groups is 3. The Kier molecular flexibility index (Phi) is 8.73. The number of nitrogens with one attached hydrogen (secondary N) is 1. The van der Waals surface area contributed by atoms with Crippen molar-refractivity contribution in [1.82, 2.24) is 10.2 Å². The summed E-state index contributed by atoms with van der Waals surface area (Å²) in [6, 6.07) is 14.8. The molecule has 180 valence electrons. The van der Waals surface area contributed by atoms with Crippen molar-refractivity contribution >= 4 is 29.3 Å². The second kappa shape index (κ2) is 11.9. The lowest BCUT2D eigenvalue weighted by atomic mass is 10.0. The lowest BCUT2D eigenvalue weighted by molar-refractivity contribution is -0.142. The maximum atomic E-state index is 12.7. The lowest BCUT2D eigenvalue weighted by Gasteiger charge is -2.25. The molecule has 0 spiro atoms. The highest BCUT2D eigenvalue weighted by Gasteiger charge is 2.36. The van der Waals surface area contributed by atoms with E-state index in [1.807, 2.05) is 44.2 Å². The molecule has 2 N–H and O–H groups in total. The molecule has 1 aliphatic rings. The van der Waals surface area contributed by atoms with Gasteiger partial charge in [0.25, 0.3) is 0 Å². The zero-order chi connectivity index (χ0) is 24.5. The third-order valence-electron chi connectivity index (χ3n) is 5.45. The monoisotopic (exact) mass is 466 g/mol. The maximum Gasteiger partial charge on any atom is 0.410 e. The van der Waals surface area contributed by atoms with Crippen molar-refractivity contribution in [3.05, 3.63) is 60.2 Å². The summed E-state index contributed by atoms with van der Waals surface area (Å²) in [6.07, 6.45) is 0.840. The van der Waals surface area contributed by atoms with Crippen molar-refractivity contribution in [2.75, 3.05) is 6.54 Å². The largest absolute Gasteiger partial charge is 0.480 e. The Balaban J connectivity index is 1.53. The molecule has 0 radical (unpaired) electrons. The first-order chi connectivity index (χ1) is 16.3. The molecule has 1 fully saturated rings. The summed E-state index contributed by atoms with van der Waals surface area (Å²) < 4.78 is 5.42. The quantitative estimate of drug-likeness (QED) is 0.513. The molecule has 1 aliphatic heterocycles. The van der Waals surface area contributed by atoms with Gasteiger partial charge >= 0.3 is 12.1 Å². The summed E-state index contributed by atoms with van der Waals surface area (Å²) in [5.74, 6) is -1.44. The first-order valence-corrected chi connectivity index (χ1v) is 11.4. The Bertz CT molecular complexity index is 1010. The second-order valence-corrected chi connectivity index (χ2v) is 8.64. The van der Waals surface area contributed by atoms with E-state index >= 15 is 0 Å². The minimum absolute atomic E-state index is 0.0465. The van der Waals surface area contributed by atoms with E-state index in [1.165, 1.54) is 4.90 Å². The van der Waals surface area contributed by atoms with Crippen LogP contribution in [0.1, 0.15) is 38.7 Å². The average Bonchev–Trinajstić information content (AvgIpc) is 3.32. The number of rotatable bonds is 9. The summed E-state index contributed by atoms with van der Waals surface area (Å²) in [7, 11) is 0. The van der Waals surface area contributed by atoms with E-state index in [0.29, 0.717) is 31.5 Å². The number of aliphatic carboxylic acids is 1. The van der Waals surface area contributed by atoms with Crippen LogP contribution in [0.2, 0.25) is 0 Å². The number of azo groups is 1. The van der Waals surface area contributed by atoms with Crippen LogP contribution >= 0.6 is 0 Å². The van der Waals surface area contributed by atoms with E-state index < -0.39 is 30.1 Å². The number of amides is 2. The first kappa shape index (κ1) is 24.9. The van der Waals surface area contributed by atoms with Crippen LogP contribution in [-0.4, -0.2) is 46.6 Å². The van der Waals surface area contributed by atoms with Crippen LogP contribution in [0.15, 0.2) is 64.8 Å². The standard InChI is InChI=1S/C25H30N4O5/c1-17(2)15-21(24(31)32)26-23(30)22-9-6-14-29(22)25(33)34-16-18-10-12-20(13-11-18)28-27-19-7-4-3-5-8-19/h3-5,7-8,10-13,17,21-22H,6,9,14-16H2,1-2H3,(H,26,30)(H,31,32)/b28-27+. The topological polar surface area (TPSA) is 121 Å². The molecule has 2 aromatic carbocycles. The maximum absolute atomic E-state index is 12.7. The molecule has 1 saturated heterocycles. The molecule has 0 bridgehead atoms. The molecule has 9 nitrogen and oxygen atoms in total. The van der Waals surface area contributed by atoms with Crippen molar-refractivity contribution < 1.29 is 24.2 Å². The summed E-state index contributed by atoms with van der Waals surface area (Å²) >= 11 is 0. The van der Waals surface area contributed by atoms with Gasteiger partial charge in [0.2, 0.25) is 5.91 Å². The smallest absolute Gasteiger partial charge is 0.410 e. The summed E-state index contributed by atoms with van der Waals surface area (Å²) in [5, 5.41) is 20.3. The van der Waals surface area contributed by atoms with Crippen LogP contribution in [0, 0.1) is 5.92 Å². The molecule has 2 unspecified atom stereocenters. The van der Waals surface area contributed by atoms with E-state index in [-0.39, 0.29) is 12.5 Å². The minimum Gasteiger partial charge on any atom is -0.480 e. The van der Waals surface area contributed by atoms with Crippen LogP contribution in [0.5, 0.6) is 0 Å². The molecule has 9 heteroatoms. The van der Waals surface area contributed by atoms with Gasteiger partial charge in [0.05, 0.1) is 11.4 Å². The Hall–Kier alpha value is -3.75. The Labute approximate surface area is 198 Å².